The second-order valence-corrected chi connectivity index (χ2v) is 6.39. The lowest BCUT2D eigenvalue weighted by Crippen LogP contribution is -2.31. The van der Waals surface area contributed by atoms with E-state index in [1.54, 1.807) is 13.2 Å². The van der Waals surface area contributed by atoms with Gasteiger partial charge in [0, 0.05) is 13.2 Å². The Morgan fingerprint density at radius 2 is 1.68 bits per heavy atom. The highest BCUT2D eigenvalue weighted by Crippen LogP contribution is 2.27. The van der Waals surface area contributed by atoms with E-state index in [1.165, 1.54) is 10.6 Å². The number of sulfonamides is 1. The summed E-state index contributed by atoms with van der Waals surface area (Å²) in [5.41, 5.74) is 1.61. The van der Waals surface area contributed by atoms with Crippen LogP contribution in [0, 0.1) is 0 Å². The number of aromatic nitrogens is 1. The van der Waals surface area contributed by atoms with E-state index in [0.717, 1.165) is 5.56 Å². The van der Waals surface area contributed by atoms with Crippen molar-refractivity contribution in [3.63, 3.8) is 0 Å². The zero-order valence-electron chi connectivity index (χ0n) is 10.9. The molecular formula is C14H16N2O2S. The molecule has 1 atom stereocenters. The van der Waals surface area contributed by atoms with Crippen LogP contribution < -0.4 is 0 Å². The van der Waals surface area contributed by atoms with Gasteiger partial charge in [-0.3, -0.25) is 4.98 Å². The molecule has 4 nitrogen and oxygen atoms in total. The first-order chi connectivity index (χ1) is 9.00. The van der Waals surface area contributed by atoms with Crippen LogP contribution in [0.1, 0.15) is 17.3 Å². The van der Waals surface area contributed by atoms with Gasteiger partial charge in [0.2, 0.25) is 10.0 Å². The van der Waals surface area contributed by atoms with Gasteiger partial charge < -0.3 is 0 Å². The van der Waals surface area contributed by atoms with Crippen molar-refractivity contribution in [2.24, 2.45) is 0 Å². The Hall–Kier alpha value is -1.72. The summed E-state index contributed by atoms with van der Waals surface area (Å²) < 4.78 is 25.0. The molecule has 0 fully saturated rings. The van der Waals surface area contributed by atoms with Crippen LogP contribution in [0.3, 0.4) is 0 Å². The molecule has 1 aromatic heterocycles. The van der Waals surface area contributed by atoms with E-state index < -0.39 is 16.1 Å². The molecule has 0 aliphatic carbocycles. The average molecular weight is 276 g/mol. The highest BCUT2D eigenvalue weighted by atomic mass is 32.2. The molecule has 0 saturated heterocycles. The van der Waals surface area contributed by atoms with Crippen molar-refractivity contribution in [2.45, 2.75) is 6.04 Å². The van der Waals surface area contributed by atoms with Gasteiger partial charge in [0.15, 0.2) is 0 Å². The summed E-state index contributed by atoms with van der Waals surface area (Å²) in [4.78, 5) is 4.28. The largest absolute Gasteiger partial charge is 0.259 e. The number of rotatable bonds is 4. The Bertz CT molecular complexity index is 588. The fraction of sp³-hybridized carbons (Fsp3) is 0.214. The Balaban J connectivity index is 2.52. The van der Waals surface area contributed by atoms with Crippen molar-refractivity contribution in [3.8, 4) is 0 Å². The number of nitrogens with zero attached hydrogens (tertiary/aromatic N) is 2. The molecule has 1 heterocycles. The molecule has 5 heteroatoms. The summed E-state index contributed by atoms with van der Waals surface area (Å²) in [5.74, 6) is 0. The maximum Gasteiger partial charge on any atom is 0.211 e. The van der Waals surface area contributed by atoms with E-state index in [-0.39, 0.29) is 0 Å². The molecule has 0 radical (unpaired) electrons. The van der Waals surface area contributed by atoms with Gasteiger partial charge in [0.25, 0.3) is 0 Å². The minimum absolute atomic E-state index is 0.405. The topological polar surface area (TPSA) is 50.3 Å². The molecule has 1 aromatic carbocycles. The van der Waals surface area contributed by atoms with Crippen molar-refractivity contribution in [2.75, 3.05) is 13.3 Å². The predicted octanol–water partition coefficient (Wildman–Crippen LogP) is 2.06. The molecule has 0 spiro atoms. The Labute approximate surface area is 113 Å². The predicted molar refractivity (Wildman–Crippen MR) is 75.1 cm³/mol. The molecule has 0 amide bonds. The number of pyridine rings is 1. The zero-order valence-corrected chi connectivity index (χ0v) is 11.7. The number of hydrogen-bond donors (Lipinski definition) is 0. The molecular weight excluding hydrogens is 260 g/mol. The molecule has 1 unspecified atom stereocenters. The fourth-order valence-electron chi connectivity index (χ4n) is 1.93. The second-order valence-electron chi connectivity index (χ2n) is 4.35. The average Bonchev–Trinajstić information content (AvgIpc) is 2.40. The van der Waals surface area contributed by atoms with E-state index >= 15 is 0 Å². The Morgan fingerprint density at radius 3 is 2.21 bits per heavy atom. The second kappa shape index (κ2) is 5.50. The van der Waals surface area contributed by atoms with E-state index in [1.807, 2.05) is 48.5 Å². The minimum Gasteiger partial charge on any atom is -0.259 e. The lowest BCUT2D eigenvalue weighted by Gasteiger charge is -2.26. The van der Waals surface area contributed by atoms with Crippen molar-refractivity contribution < 1.29 is 8.42 Å². The number of benzene rings is 1. The molecule has 2 aromatic rings. The van der Waals surface area contributed by atoms with Gasteiger partial charge >= 0.3 is 0 Å². The van der Waals surface area contributed by atoms with Crippen molar-refractivity contribution in [1.82, 2.24) is 9.29 Å². The first-order valence-corrected chi connectivity index (χ1v) is 7.74. The highest BCUT2D eigenvalue weighted by molar-refractivity contribution is 7.88. The molecule has 0 aliphatic heterocycles. The van der Waals surface area contributed by atoms with E-state index in [0.29, 0.717) is 5.69 Å². The highest BCUT2D eigenvalue weighted by Gasteiger charge is 2.26. The zero-order chi connectivity index (χ0) is 13.9. The van der Waals surface area contributed by atoms with E-state index in [9.17, 15) is 8.42 Å². The lowest BCUT2D eigenvalue weighted by molar-refractivity contribution is 0.416. The van der Waals surface area contributed by atoms with Gasteiger partial charge in [-0.2, -0.15) is 4.31 Å². The normalized spacial score (nSPS) is 13.4. The molecule has 0 N–H and O–H groups in total. The summed E-state index contributed by atoms with van der Waals surface area (Å²) in [6, 6.07) is 14.6. The molecule has 2 rings (SSSR count). The van der Waals surface area contributed by atoms with Crippen LogP contribution in [0.2, 0.25) is 0 Å². The first-order valence-electron chi connectivity index (χ1n) is 5.89. The third-order valence-corrected chi connectivity index (χ3v) is 4.23. The fourth-order valence-corrected chi connectivity index (χ4v) is 2.54. The molecule has 0 aliphatic rings. The number of hydrogen-bond acceptors (Lipinski definition) is 3. The van der Waals surface area contributed by atoms with Gasteiger partial charge in [-0.15, -0.1) is 0 Å². The van der Waals surface area contributed by atoms with Gasteiger partial charge in [0.1, 0.15) is 0 Å². The summed E-state index contributed by atoms with van der Waals surface area (Å²) in [6.45, 7) is 0. The summed E-state index contributed by atoms with van der Waals surface area (Å²) >= 11 is 0. The summed E-state index contributed by atoms with van der Waals surface area (Å²) in [5, 5.41) is 0. The summed E-state index contributed by atoms with van der Waals surface area (Å²) in [6.07, 6.45) is 2.87. The van der Waals surface area contributed by atoms with Crippen LogP contribution in [0.5, 0.6) is 0 Å². The van der Waals surface area contributed by atoms with Gasteiger partial charge in [-0.1, -0.05) is 36.4 Å². The monoisotopic (exact) mass is 276 g/mol. The van der Waals surface area contributed by atoms with Crippen LogP contribution in [-0.4, -0.2) is 31.0 Å². The van der Waals surface area contributed by atoms with E-state index in [4.69, 9.17) is 0 Å². The quantitative estimate of drug-likeness (QED) is 0.859. The third kappa shape index (κ3) is 3.19. The van der Waals surface area contributed by atoms with Crippen molar-refractivity contribution in [3.05, 3.63) is 66.0 Å². The van der Waals surface area contributed by atoms with Crippen LogP contribution in [-0.2, 0) is 10.0 Å². The Morgan fingerprint density at radius 1 is 1.05 bits per heavy atom. The van der Waals surface area contributed by atoms with Crippen molar-refractivity contribution in [1.29, 1.82) is 0 Å². The molecule has 0 saturated carbocycles. The first kappa shape index (κ1) is 13.7. The lowest BCUT2D eigenvalue weighted by atomic mass is 10.0. The SMILES string of the molecule is CN(C(c1ccccc1)c1ccccn1)S(C)(=O)=O. The van der Waals surface area contributed by atoms with Gasteiger partial charge in [-0.25, -0.2) is 8.42 Å². The maximum absolute atomic E-state index is 11.8. The molecule has 100 valence electrons. The van der Waals surface area contributed by atoms with Crippen LogP contribution >= 0.6 is 0 Å². The smallest absolute Gasteiger partial charge is 0.211 e. The maximum atomic E-state index is 11.8. The van der Waals surface area contributed by atoms with Crippen LogP contribution in [0.25, 0.3) is 0 Å². The van der Waals surface area contributed by atoms with Crippen LogP contribution in [0.4, 0.5) is 0 Å². The van der Waals surface area contributed by atoms with Gasteiger partial charge in [0.05, 0.1) is 18.0 Å². The van der Waals surface area contributed by atoms with Crippen LogP contribution in [0.15, 0.2) is 54.7 Å². The van der Waals surface area contributed by atoms with Gasteiger partial charge in [-0.05, 0) is 17.7 Å². The Kier molecular flexibility index (Phi) is 3.97. The summed E-state index contributed by atoms with van der Waals surface area (Å²) in [7, 11) is -1.73. The van der Waals surface area contributed by atoms with E-state index in [2.05, 4.69) is 4.98 Å². The molecule has 0 bridgehead atoms. The standard InChI is InChI=1S/C14H16N2O2S/c1-16(19(2,17)18)14(12-8-4-3-5-9-12)13-10-6-7-11-15-13/h3-11,14H,1-2H3. The molecule has 19 heavy (non-hydrogen) atoms. The van der Waals surface area contributed by atoms with Crippen molar-refractivity contribution >= 4 is 10.0 Å². The minimum atomic E-state index is -3.31. The third-order valence-electron chi connectivity index (χ3n) is 2.97.